The third kappa shape index (κ3) is 2.21. The first-order valence-corrected chi connectivity index (χ1v) is 5.82. The van der Waals surface area contributed by atoms with Crippen molar-refractivity contribution in [2.75, 3.05) is 5.75 Å². The van der Waals surface area contributed by atoms with E-state index in [-0.39, 0.29) is 5.63 Å². The molecule has 0 aliphatic rings. The van der Waals surface area contributed by atoms with Gasteiger partial charge in [0.1, 0.15) is 0 Å². The predicted octanol–water partition coefficient (Wildman–Crippen LogP) is 2.69. The van der Waals surface area contributed by atoms with E-state index < -0.39 is 0 Å². The molecule has 0 unspecified atom stereocenters. The summed E-state index contributed by atoms with van der Waals surface area (Å²) in [7, 11) is 0. The molecule has 1 heterocycles. The Balaban J connectivity index is 2.48. The second-order valence-corrected chi connectivity index (χ2v) is 4.18. The van der Waals surface area contributed by atoms with Gasteiger partial charge in [0.05, 0.1) is 10.9 Å². The van der Waals surface area contributed by atoms with E-state index in [1.54, 1.807) is 12.1 Å². The van der Waals surface area contributed by atoms with Crippen LogP contribution in [-0.2, 0) is 0 Å². The zero-order chi connectivity index (χ0) is 10.7. The highest BCUT2D eigenvalue weighted by molar-refractivity contribution is 7.99. The Labute approximate surface area is 91.5 Å². The summed E-state index contributed by atoms with van der Waals surface area (Å²) in [5.74, 6) is 0.911. The number of hydrogen-bond acceptors (Lipinski definition) is 4. The molecule has 0 saturated heterocycles. The average molecular weight is 221 g/mol. The van der Waals surface area contributed by atoms with E-state index in [1.807, 2.05) is 12.1 Å². The van der Waals surface area contributed by atoms with E-state index in [2.05, 4.69) is 11.9 Å². The maximum atomic E-state index is 11.5. The zero-order valence-electron chi connectivity index (χ0n) is 8.40. The van der Waals surface area contributed by atoms with Gasteiger partial charge in [0.15, 0.2) is 0 Å². The quantitative estimate of drug-likeness (QED) is 0.747. The summed E-state index contributed by atoms with van der Waals surface area (Å²) >= 11 is 1.47. The lowest BCUT2D eigenvalue weighted by Gasteiger charge is -1.99. The molecule has 0 amide bonds. The highest BCUT2D eigenvalue weighted by atomic mass is 32.2. The average Bonchev–Trinajstić information content (AvgIpc) is 2.26. The number of fused-ring (bicyclic) bond motifs is 1. The molecule has 3 nitrogen and oxygen atoms in total. The van der Waals surface area contributed by atoms with Gasteiger partial charge in [-0.1, -0.05) is 30.8 Å². The maximum Gasteiger partial charge on any atom is 0.347 e. The van der Waals surface area contributed by atoms with Crippen molar-refractivity contribution in [3.8, 4) is 0 Å². The largest absolute Gasteiger partial charge is 0.397 e. The Morgan fingerprint density at radius 2 is 2.20 bits per heavy atom. The van der Waals surface area contributed by atoms with Crippen molar-refractivity contribution < 1.29 is 4.42 Å². The summed E-state index contributed by atoms with van der Waals surface area (Å²) in [6.45, 7) is 2.08. The van der Waals surface area contributed by atoms with E-state index in [0.29, 0.717) is 16.1 Å². The molecule has 0 N–H and O–H groups in total. The molecule has 0 aliphatic heterocycles. The van der Waals surface area contributed by atoms with Crippen molar-refractivity contribution in [3.05, 3.63) is 34.7 Å². The highest BCUT2D eigenvalue weighted by Gasteiger charge is 2.04. The summed E-state index contributed by atoms with van der Waals surface area (Å²) in [5, 5.41) is 0.999. The van der Waals surface area contributed by atoms with E-state index >= 15 is 0 Å². The molecule has 0 spiro atoms. The van der Waals surface area contributed by atoms with Crippen LogP contribution in [0.2, 0.25) is 0 Å². The molecule has 0 fully saturated rings. The van der Waals surface area contributed by atoms with Gasteiger partial charge in [0.2, 0.25) is 0 Å². The monoisotopic (exact) mass is 221 g/mol. The van der Waals surface area contributed by atoms with Crippen molar-refractivity contribution in [1.29, 1.82) is 0 Å². The molecule has 0 radical (unpaired) electrons. The van der Waals surface area contributed by atoms with Crippen LogP contribution in [0.4, 0.5) is 0 Å². The molecule has 2 aromatic rings. The molecule has 1 aromatic carbocycles. The van der Waals surface area contributed by atoms with Crippen LogP contribution in [0.15, 0.2) is 38.7 Å². The molecule has 78 valence electrons. The number of benzene rings is 1. The minimum Gasteiger partial charge on any atom is -0.397 e. The number of thioether (sulfide) groups is 1. The summed E-state index contributed by atoms with van der Waals surface area (Å²) in [6, 6.07) is 7.22. The molecular weight excluding hydrogens is 210 g/mol. The van der Waals surface area contributed by atoms with Crippen LogP contribution in [0.1, 0.15) is 13.3 Å². The summed E-state index contributed by atoms with van der Waals surface area (Å²) in [4.78, 5) is 15.8. The number of rotatable bonds is 3. The van der Waals surface area contributed by atoms with Gasteiger partial charge < -0.3 is 4.42 Å². The molecule has 0 aliphatic carbocycles. The van der Waals surface area contributed by atoms with Crippen LogP contribution in [-0.4, -0.2) is 10.7 Å². The molecule has 15 heavy (non-hydrogen) atoms. The summed E-state index contributed by atoms with van der Waals surface area (Å²) in [6.07, 6.45) is 1.03. The second-order valence-electron chi connectivity index (χ2n) is 3.13. The van der Waals surface area contributed by atoms with Crippen LogP contribution in [0.5, 0.6) is 0 Å². The van der Waals surface area contributed by atoms with E-state index in [4.69, 9.17) is 4.42 Å². The first-order chi connectivity index (χ1) is 7.31. The van der Waals surface area contributed by atoms with Crippen LogP contribution < -0.4 is 5.63 Å². The van der Waals surface area contributed by atoms with Gasteiger partial charge in [-0.15, -0.1) is 0 Å². The summed E-state index contributed by atoms with van der Waals surface area (Å²) < 4.78 is 5.09. The lowest BCUT2D eigenvalue weighted by atomic mass is 10.2. The molecule has 0 bridgehead atoms. The standard InChI is InChI=1S/C11H11NO2S/c1-2-7-15-11-12-9-6-4-3-5-8(9)10(13)14-11/h3-6H,2,7H2,1H3. The van der Waals surface area contributed by atoms with Gasteiger partial charge in [-0.05, 0) is 18.6 Å². The van der Waals surface area contributed by atoms with Gasteiger partial charge >= 0.3 is 5.63 Å². The van der Waals surface area contributed by atoms with Gasteiger partial charge in [-0.25, -0.2) is 9.78 Å². The minimum atomic E-state index is -0.306. The van der Waals surface area contributed by atoms with E-state index in [9.17, 15) is 4.79 Å². The first kappa shape index (κ1) is 10.2. The molecule has 0 saturated carbocycles. The predicted molar refractivity (Wildman–Crippen MR) is 61.3 cm³/mol. The van der Waals surface area contributed by atoms with Crippen LogP contribution in [0, 0.1) is 0 Å². The Morgan fingerprint density at radius 1 is 1.40 bits per heavy atom. The smallest absolute Gasteiger partial charge is 0.347 e. The van der Waals surface area contributed by atoms with Crippen LogP contribution >= 0.6 is 11.8 Å². The van der Waals surface area contributed by atoms with Gasteiger partial charge in [0, 0.05) is 5.75 Å². The number of hydrogen-bond donors (Lipinski definition) is 0. The Morgan fingerprint density at radius 3 is 3.00 bits per heavy atom. The van der Waals surface area contributed by atoms with Crippen LogP contribution in [0.25, 0.3) is 10.9 Å². The van der Waals surface area contributed by atoms with Gasteiger partial charge in [-0.3, -0.25) is 0 Å². The zero-order valence-corrected chi connectivity index (χ0v) is 9.21. The molecular formula is C11H11NO2S. The van der Waals surface area contributed by atoms with Crippen molar-refractivity contribution >= 4 is 22.7 Å². The molecule has 2 rings (SSSR count). The number of aromatic nitrogens is 1. The number of nitrogens with zero attached hydrogens (tertiary/aromatic N) is 1. The topological polar surface area (TPSA) is 43.1 Å². The van der Waals surface area contributed by atoms with Crippen molar-refractivity contribution in [2.24, 2.45) is 0 Å². The highest BCUT2D eigenvalue weighted by Crippen LogP contribution is 2.17. The van der Waals surface area contributed by atoms with E-state index in [1.165, 1.54) is 11.8 Å². The lowest BCUT2D eigenvalue weighted by molar-refractivity contribution is 0.401. The fourth-order valence-electron chi connectivity index (χ4n) is 1.25. The Bertz CT molecular complexity index is 521. The normalized spacial score (nSPS) is 10.7. The Hall–Kier alpha value is -1.29. The third-order valence-electron chi connectivity index (χ3n) is 1.95. The SMILES string of the molecule is CCCSc1nc2ccccc2c(=O)o1. The minimum absolute atomic E-state index is 0.306. The third-order valence-corrected chi connectivity index (χ3v) is 2.98. The van der Waals surface area contributed by atoms with Gasteiger partial charge in [-0.2, -0.15) is 0 Å². The fraction of sp³-hybridized carbons (Fsp3) is 0.273. The molecule has 1 aromatic heterocycles. The maximum absolute atomic E-state index is 11.5. The number of para-hydroxylation sites is 1. The van der Waals surface area contributed by atoms with Crippen molar-refractivity contribution in [1.82, 2.24) is 4.98 Å². The molecule has 0 atom stereocenters. The Kier molecular flexibility index (Phi) is 3.06. The fourth-order valence-corrected chi connectivity index (χ4v) is 1.93. The molecule has 4 heteroatoms. The van der Waals surface area contributed by atoms with Crippen molar-refractivity contribution in [3.63, 3.8) is 0 Å². The van der Waals surface area contributed by atoms with Gasteiger partial charge in [0.25, 0.3) is 5.22 Å². The lowest BCUT2D eigenvalue weighted by Crippen LogP contribution is -2.02. The van der Waals surface area contributed by atoms with E-state index in [0.717, 1.165) is 12.2 Å². The second kappa shape index (κ2) is 4.49. The van der Waals surface area contributed by atoms with Crippen molar-refractivity contribution in [2.45, 2.75) is 18.6 Å². The van der Waals surface area contributed by atoms with Crippen LogP contribution in [0.3, 0.4) is 0 Å². The first-order valence-electron chi connectivity index (χ1n) is 4.84. The summed E-state index contributed by atoms with van der Waals surface area (Å²) in [5.41, 5.74) is 0.395.